The van der Waals surface area contributed by atoms with Crippen LogP contribution in [-0.2, 0) is 59.7 Å². The van der Waals surface area contributed by atoms with Crippen LogP contribution in [0.4, 0.5) is 9.59 Å². The second-order valence-corrected chi connectivity index (χ2v) is 37.4. The first-order chi connectivity index (χ1) is 53.6. The first-order valence-electron chi connectivity index (χ1n) is 38.4. The third-order valence-electron chi connectivity index (χ3n) is 19.0. The van der Waals surface area contributed by atoms with E-state index >= 15 is 0 Å². The van der Waals surface area contributed by atoms with E-state index in [1.54, 1.807) is 37.4 Å². The highest BCUT2D eigenvalue weighted by molar-refractivity contribution is 8.00. The van der Waals surface area contributed by atoms with E-state index in [-0.39, 0.29) is 240 Å². The molecule has 638 valence electrons. The molecule has 0 radical (unpaired) electrons. The number of hydrogen-bond acceptors (Lipinski definition) is 25. The van der Waals surface area contributed by atoms with E-state index in [2.05, 4.69) is 53.2 Å². The van der Waals surface area contributed by atoms with Crippen LogP contribution in [0.15, 0.2) is 24.3 Å². The molecule has 2 aromatic rings. The van der Waals surface area contributed by atoms with Gasteiger partial charge in [0.15, 0.2) is 23.0 Å². The molecule has 4 saturated heterocycles. The number of fused-ring (bicyclic) bond motifs is 2. The van der Waals surface area contributed by atoms with Crippen molar-refractivity contribution in [3.05, 3.63) is 35.4 Å². The number of carbonyl (C=O) groups is 8. The van der Waals surface area contributed by atoms with Crippen molar-refractivity contribution < 1.29 is 119 Å². The van der Waals surface area contributed by atoms with Gasteiger partial charge in [-0.2, -0.15) is 57.2 Å². The van der Waals surface area contributed by atoms with Gasteiger partial charge in [-0.15, -0.1) is 0 Å². The lowest BCUT2D eigenvalue weighted by molar-refractivity contribution is -0.125. The van der Waals surface area contributed by atoms with Gasteiger partial charge in [-0.3, -0.25) is 47.0 Å². The number of benzene rings is 2. The summed E-state index contributed by atoms with van der Waals surface area (Å²) in [5, 5.41) is 29.8. The van der Waals surface area contributed by atoms with Crippen molar-refractivity contribution >= 4 is 112 Å². The summed E-state index contributed by atoms with van der Waals surface area (Å²) in [6, 6.07) is 0.279. The Morgan fingerprint density at radius 3 is 1.16 bits per heavy atom. The number of thioether (sulfide) groups is 2. The zero-order valence-corrected chi connectivity index (χ0v) is 68.5. The van der Waals surface area contributed by atoms with Crippen LogP contribution in [0.1, 0.15) is 182 Å². The average Bonchev–Trinajstić information content (AvgIpc) is 1.54. The fraction of sp³-hybridized carbons (Fsp3) is 0.714. The molecule has 5 fully saturated rings. The van der Waals surface area contributed by atoms with Gasteiger partial charge in [0.1, 0.15) is 12.1 Å². The number of hydrogen-bond donors (Lipinski definition) is 15. The van der Waals surface area contributed by atoms with Crippen molar-refractivity contribution in [2.24, 2.45) is 5.73 Å². The van der Waals surface area contributed by atoms with E-state index in [0.29, 0.717) is 38.5 Å². The lowest BCUT2D eigenvalue weighted by Crippen LogP contribution is -2.57. The van der Waals surface area contributed by atoms with E-state index in [9.17, 15) is 90.2 Å². The van der Waals surface area contributed by atoms with Gasteiger partial charge in [0, 0.05) is 77.2 Å². The van der Waals surface area contributed by atoms with Crippen molar-refractivity contribution in [2.75, 3.05) is 87.2 Å². The highest BCUT2D eigenvalue weighted by Crippen LogP contribution is 2.42. The lowest BCUT2D eigenvalue weighted by atomic mass is 9.87. The molecular weight excluding hydrogens is 1600 g/mol. The quantitative estimate of drug-likeness (QED) is 0.0257. The number of carbonyl (C=O) groups excluding carboxylic acids is 8. The third-order valence-corrected chi connectivity index (χ3v) is 25.2. The molecule has 2 aromatic carbocycles. The molecule has 0 bridgehead atoms. The molecular formula is C70H111N11O26S6. The molecule has 4 heterocycles. The minimum Gasteiger partial charge on any atom is -0.490 e. The number of nitrogens with one attached hydrogen (secondary N) is 10. The molecule has 1 saturated carbocycles. The molecule has 5 aliphatic rings. The number of unbranched alkanes of at least 4 members (excludes halogenated alkanes) is 4. The Labute approximate surface area is 668 Å². The molecule has 43 heteroatoms. The van der Waals surface area contributed by atoms with Crippen molar-refractivity contribution in [1.82, 2.24) is 53.2 Å². The zero-order valence-electron chi connectivity index (χ0n) is 63.6. The molecule has 10 unspecified atom stereocenters. The monoisotopic (exact) mass is 1710 g/mol. The van der Waals surface area contributed by atoms with E-state index in [1.165, 1.54) is 24.3 Å². The second-order valence-electron chi connectivity index (χ2n) is 28.6. The fourth-order valence-electron chi connectivity index (χ4n) is 13.6. The Bertz CT molecular complexity index is 3750. The van der Waals surface area contributed by atoms with E-state index in [4.69, 9.17) is 34.2 Å². The normalized spacial score (nSPS) is 21.2. The topological polar surface area (TPSA) is 556 Å². The smallest absolute Gasteiger partial charge is 0.315 e. The Balaban J connectivity index is 1.08. The van der Waals surface area contributed by atoms with Crippen LogP contribution in [0, 0.1) is 0 Å². The molecule has 16 N–H and O–H groups in total. The molecule has 10 amide bonds. The standard InChI is InChI=1S/C70H111N11O26S6/c1-3-25-102-53-35-44(37-55(104-27-13-31-110(90,91)92)63(53)106-29-15-33-112(96,97)98)65(84)76-49(17-9-11-23-72-59(82)21-7-5-19-57-61-51(42-108-57)78-69(88)80-61)67(86)74-47-39-46(71)40-48(41-47)75-68(87)50(18-10-12-24-73-60(83)22-8-6-20-58-62-52(43-109-58)79-70(89)81-62)77-66(85)45-36-54(103-26-4-2)64(107-30-16-34-113(99,100)101)56(38-45)105-28-14-32-111(93,94)95/h35-38,46-52,57-58,61-62H,3-34,39-43,71H2,1-2H3,(H,72,82)(H,73,83)(H,74,86)(H,75,87)(H,76,84)(H,77,85)(H2,78,80,88)(H2,79,81,89)(H,90,91,92)(H,93,94,95)(H,96,97,98)(H,99,100,101). The van der Waals surface area contributed by atoms with E-state index in [0.717, 1.165) is 37.2 Å². The number of nitrogens with two attached hydrogens (primary N) is 1. The summed E-state index contributed by atoms with van der Waals surface area (Å²) in [6.45, 7) is 2.90. The van der Waals surface area contributed by atoms with Gasteiger partial charge in [0.2, 0.25) is 35.1 Å². The molecule has 0 aromatic heterocycles. The average molecular weight is 1720 g/mol. The first-order valence-corrected chi connectivity index (χ1v) is 47.0. The summed E-state index contributed by atoms with van der Waals surface area (Å²) in [6.07, 6.45) is 6.81. The number of rotatable bonds is 54. The molecule has 113 heavy (non-hydrogen) atoms. The summed E-state index contributed by atoms with van der Waals surface area (Å²) in [7, 11) is -17.6. The van der Waals surface area contributed by atoms with Crippen LogP contribution in [-0.4, -0.2) is 252 Å². The summed E-state index contributed by atoms with van der Waals surface area (Å²) in [5.74, 6) is -5.10. The van der Waals surface area contributed by atoms with Crippen LogP contribution in [0.25, 0.3) is 0 Å². The van der Waals surface area contributed by atoms with Crippen molar-refractivity contribution in [3.8, 4) is 34.5 Å². The fourth-order valence-corrected chi connectivity index (χ4v) is 18.6. The Hall–Kier alpha value is -7.10. The van der Waals surface area contributed by atoms with Crippen LogP contribution in [0.5, 0.6) is 34.5 Å². The highest BCUT2D eigenvalue weighted by atomic mass is 32.2. The Kier molecular flexibility index (Phi) is 37.9. The second kappa shape index (κ2) is 46.0. The van der Waals surface area contributed by atoms with Crippen LogP contribution in [0.2, 0.25) is 0 Å². The Morgan fingerprint density at radius 1 is 0.469 bits per heavy atom. The SMILES string of the molecule is CCCOc1cc(C(=O)NC(CCCCNC(=O)CCCCC2SCC3NC(=O)NC32)C(=O)NC2CC(N)CC(NC(=O)C(CCCCNC(=O)CCCCC3SCC4NC(=O)NC43)NC(=O)c3cc(OCCC)c(OCCCS(=O)(=O)O)c(OCCCS(=O)(=O)O)c3)C2)cc(OCCCS(=O)(=O)O)c1OCCCS(=O)(=O)O. The molecule has 7 rings (SSSR count). The number of urea groups is 2. The predicted molar refractivity (Wildman–Crippen MR) is 420 cm³/mol. The summed E-state index contributed by atoms with van der Waals surface area (Å²) in [5.41, 5.74) is 6.44. The molecule has 37 nitrogen and oxygen atoms in total. The van der Waals surface area contributed by atoms with Gasteiger partial charge in [0.05, 0.1) is 86.8 Å². The summed E-state index contributed by atoms with van der Waals surface area (Å²) < 4.78 is 166. The predicted octanol–water partition coefficient (Wildman–Crippen LogP) is 3.29. The highest BCUT2D eigenvalue weighted by Gasteiger charge is 2.44. The summed E-state index contributed by atoms with van der Waals surface area (Å²) >= 11 is 3.57. The maximum atomic E-state index is 14.9. The van der Waals surface area contributed by atoms with Crippen LogP contribution >= 0.6 is 23.5 Å². The maximum absolute atomic E-state index is 14.9. The van der Waals surface area contributed by atoms with E-state index < -0.39 is 117 Å². The molecule has 10 atom stereocenters. The zero-order chi connectivity index (χ0) is 82.3. The van der Waals surface area contributed by atoms with Crippen LogP contribution < -0.4 is 87.3 Å². The lowest BCUT2D eigenvalue weighted by Gasteiger charge is -2.35. The van der Waals surface area contributed by atoms with E-state index in [1.807, 2.05) is 0 Å². The summed E-state index contributed by atoms with van der Waals surface area (Å²) in [4.78, 5) is 109. The van der Waals surface area contributed by atoms with Gasteiger partial charge in [-0.1, -0.05) is 26.7 Å². The van der Waals surface area contributed by atoms with Crippen molar-refractivity contribution in [3.63, 3.8) is 0 Å². The molecule has 0 spiro atoms. The Morgan fingerprint density at radius 2 is 0.814 bits per heavy atom. The number of amides is 10. The number of ether oxygens (including phenoxy) is 6. The van der Waals surface area contributed by atoms with Gasteiger partial charge < -0.3 is 87.3 Å². The molecule has 1 aliphatic carbocycles. The minimum absolute atomic E-state index is 0.0133. The first kappa shape index (κ1) is 93.1. The van der Waals surface area contributed by atoms with Crippen molar-refractivity contribution in [1.29, 1.82) is 0 Å². The van der Waals surface area contributed by atoms with Gasteiger partial charge in [0.25, 0.3) is 52.3 Å². The van der Waals surface area contributed by atoms with Gasteiger partial charge >= 0.3 is 12.1 Å². The maximum Gasteiger partial charge on any atom is 0.315 e. The molecule has 4 aliphatic heterocycles. The van der Waals surface area contributed by atoms with Crippen LogP contribution in [0.3, 0.4) is 0 Å². The van der Waals surface area contributed by atoms with Gasteiger partial charge in [-0.05, 0) is 146 Å². The minimum atomic E-state index is -4.43. The van der Waals surface area contributed by atoms with Gasteiger partial charge in [-0.25, -0.2) is 9.59 Å². The largest absolute Gasteiger partial charge is 0.490 e. The van der Waals surface area contributed by atoms with Crippen molar-refractivity contribution in [2.45, 2.75) is 226 Å². The third kappa shape index (κ3) is 33.9.